The van der Waals surface area contributed by atoms with Crippen molar-refractivity contribution in [1.29, 1.82) is 0 Å². The lowest BCUT2D eigenvalue weighted by Crippen LogP contribution is -2.44. The number of nitrogens with zero attached hydrogens (tertiary/aromatic N) is 1. The van der Waals surface area contributed by atoms with Crippen LogP contribution in [0.3, 0.4) is 0 Å². The minimum Gasteiger partial charge on any atom is -0.325 e. The topological polar surface area (TPSA) is 66.5 Å². The maximum atomic E-state index is 12.8. The summed E-state index contributed by atoms with van der Waals surface area (Å²) < 4.78 is 0. The Bertz CT molecular complexity index is 1050. The van der Waals surface area contributed by atoms with Gasteiger partial charge in [-0.1, -0.05) is 30.3 Å². The number of benzene rings is 3. The summed E-state index contributed by atoms with van der Waals surface area (Å²) in [6, 6.07) is 16.4. The molecule has 0 saturated carbocycles. The van der Waals surface area contributed by atoms with Gasteiger partial charge in [-0.2, -0.15) is 0 Å². The van der Waals surface area contributed by atoms with Gasteiger partial charge in [0, 0.05) is 22.2 Å². The van der Waals surface area contributed by atoms with Crippen LogP contribution in [0.2, 0.25) is 0 Å². The van der Waals surface area contributed by atoms with Crippen LogP contribution in [0.4, 0.5) is 5.69 Å². The van der Waals surface area contributed by atoms with Crippen LogP contribution in [-0.4, -0.2) is 29.2 Å². The highest BCUT2D eigenvalue weighted by atomic mass is 16.2. The van der Waals surface area contributed by atoms with Crippen molar-refractivity contribution in [2.45, 2.75) is 13.8 Å². The number of anilines is 1. The first-order valence-electron chi connectivity index (χ1n) is 8.70. The second kappa shape index (κ2) is 6.36. The van der Waals surface area contributed by atoms with Crippen molar-refractivity contribution < 1.29 is 14.4 Å². The van der Waals surface area contributed by atoms with Gasteiger partial charge in [0.25, 0.3) is 11.8 Å². The molecule has 1 heterocycles. The highest BCUT2D eigenvalue weighted by Crippen LogP contribution is 2.29. The fraction of sp³-hybridized carbons (Fsp3) is 0.136. The van der Waals surface area contributed by atoms with Crippen LogP contribution in [0.1, 0.15) is 31.8 Å². The number of aryl methyl sites for hydroxylation is 2. The van der Waals surface area contributed by atoms with Crippen LogP contribution in [0.5, 0.6) is 0 Å². The fourth-order valence-corrected chi connectivity index (χ4v) is 3.62. The van der Waals surface area contributed by atoms with E-state index in [1.165, 1.54) is 0 Å². The minimum atomic E-state index is -0.445. The van der Waals surface area contributed by atoms with Gasteiger partial charge in [0.2, 0.25) is 5.91 Å². The number of hydrogen-bond donors (Lipinski definition) is 1. The van der Waals surface area contributed by atoms with E-state index in [1.54, 1.807) is 24.3 Å². The first kappa shape index (κ1) is 17.0. The number of rotatable bonds is 3. The molecule has 0 saturated heterocycles. The molecular weight excluding hydrogens is 340 g/mol. The van der Waals surface area contributed by atoms with E-state index in [4.69, 9.17) is 0 Å². The van der Waals surface area contributed by atoms with Crippen LogP contribution >= 0.6 is 0 Å². The monoisotopic (exact) mass is 358 g/mol. The first-order chi connectivity index (χ1) is 12.9. The largest absolute Gasteiger partial charge is 0.325 e. The van der Waals surface area contributed by atoms with Crippen LogP contribution in [-0.2, 0) is 4.79 Å². The molecule has 0 aromatic heterocycles. The van der Waals surface area contributed by atoms with Crippen LogP contribution < -0.4 is 5.32 Å². The van der Waals surface area contributed by atoms with E-state index in [9.17, 15) is 14.4 Å². The molecule has 134 valence electrons. The average Bonchev–Trinajstić information content (AvgIpc) is 2.62. The van der Waals surface area contributed by atoms with Gasteiger partial charge >= 0.3 is 0 Å². The maximum Gasteiger partial charge on any atom is 0.261 e. The molecule has 0 fully saturated rings. The number of carbonyl (C=O) groups excluding carboxylic acids is 3. The molecule has 4 rings (SSSR count). The molecule has 1 aliphatic heterocycles. The van der Waals surface area contributed by atoms with E-state index in [0.29, 0.717) is 22.2 Å². The average molecular weight is 358 g/mol. The minimum absolute atomic E-state index is 0.324. The maximum absolute atomic E-state index is 12.8. The Labute approximate surface area is 156 Å². The fourth-order valence-electron chi connectivity index (χ4n) is 3.62. The predicted molar refractivity (Wildman–Crippen MR) is 104 cm³/mol. The summed E-state index contributed by atoms with van der Waals surface area (Å²) in [6.07, 6.45) is 0. The van der Waals surface area contributed by atoms with Gasteiger partial charge in [0.15, 0.2) is 0 Å². The Hall–Kier alpha value is -3.47. The number of imide groups is 1. The molecule has 0 atom stereocenters. The van der Waals surface area contributed by atoms with Gasteiger partial charge in [-0.05, 0) is 54.6 Å². The lowest BCUT2D eigenvalue weighted by Gasteiger charge is -2.26. The second-order valence-electron chi connectivity index (χ2n) is 6.83. The van der Waals surface area contributed by atoms with Gasteiger partial charge in [-0.3, -0.25) is 19.3 Å². The van der Waals surface area contributed by atoms with E-state index < -0.39 is 17.7 Å². The number of carbonyl (C=O) groups is 3. The molecule has 3 aromatic carbocycles. The molecule has 1 aliphatic rings. The highest BCUT2D eigenvalue weighted by molar-refractivity contribution is 6.26. The van der Waals surface area contributed by atoms with Crippen LogP contribution in [0.25, 0.3) is 10.8 Å². The molecule has 3 aromatic rings. The van der Waals surface area contributed by atoms with E-state index in [-0.39, 0.29) is 6.54 Å². The summed E-state index contributed by atoms with van der Waals surface area (Å²) >= 11 is 0. The summed E-state index contributed by atoms with van der Waals surface area (Å²) in [5.74, 6) is -1.30. The van der Waals surface area contributed by atoms with Gasteiger partial charge in [0.1, 0.15) is 6.54 Å². The number of hydrogen-bond acceptors (Lipinski definition) is 3. The Morgan fingerprint density at radius 3 is 2.00 bits per heavy atom. The van der Waals surface area contributed by atoms with Gasteiger partial charge in [-0.25, -0.2) is 0 Å². The third kappa shape index (κ3) is 2.97. The number of amides is 3. The summed E-state index contributed by atoms with van der Waals surface area (Å²) in [4.78, 5) is 39.2. The molecule has 0 aliphatic carbocycles. The smallest absolute Gasteiger partial charge is 0.261 e. The van der Waals surface area contributed by atoms with E-state index in [0.717, 1.165) is 21.4 Å². The Kier molecular flexibility index (Phi) is 4.00. The zero-order chi connectivity index (χ0) is 19.1. The molecule has 0 bridgehead atoms. The molecule has 0 unspecified atom stereocenters. The lowest BCUT2D eigenvalue weighted by molar-refractivity contribution is -0.116. The number of nitrogens with one attached hydrogen (secondary N) is 1. The van der Waals surface area contributed by atoms with Gasteiger partial charge in [-0.15, -0.1) is 0 Å². The van der Waals surface area contributed by atoms with Crippen molar-refractivity contribution in [3.8, 4) is 0 Å². The van der Waals surface area contributed by atoms with Crippen LogP contribution in [0.15, 0.2) is 54.6 Å². The van der Waals surface area contributed by atoms with Crippen molar-refractivity contribution in [1.82, 2.24) is 4.90 Å². The third-order valence-corrected chi connectivity index (χ3v) is 4.66. The van der Waals surface area contributed by atoms with E-state index >= 15 is 0 Å². The van der Waals surface area contributed by atoms with Crippen molar-refractivity contribution in [2.24, 2.45) is 0 Å². The van der Waals surface area contributed by atoms with Crippen LogP contribution in [0, 0.1) is 13.8 Å². The molecular formula is C22H18N2O3. The molecule has 27 heavy (non-hydrogen) atoms. The van der Waals surface area contributed by atoms with Gasteiger partial charge < -0.3 is 5.32 Å². The van der Waals surface area contributed by atoms with E-state index in [1.807, 2.05) is 44.2 Å². The Balaban J connectivity index is 1.62. The molecule has 0 spiro atoms. The summed E-state index contributed by atoms with van der Waals surface area (Å²) in [5.41, 5.74) is 3.59. The predicted octanol–water partition coefficient (Wildman–Crippen LogP) is 3.69. The zero-order valence-electron chi connectivity index (χ0n) is 15.1. The van der Waals surface area contributed by atoms with Crippen molar-refractivity contribution in [3.63, 3.8) is 0 Å². The summed E-state index contributed by atoms with van der Waals surface area (Å²) in [6.45, 7) is 3.56. The van der Waals surface area contributed by atoms with Crippen molar-refractivity contribution >= 4 is 34.2 Å². The SMILES string of the molecule is Cc1cc(C)cc(NC(=O)CN2C(=O)c3cccc4cccc(c34)C2=O)c1. The van der Waals surface area contributed by atoms with Gasteiger partial charge in [0.05, 0.1) is 0 Å². The standard InChI is InChI=1S/C22H18N2O3/c1-13-9-14(2)11-16(10-13)23-19(25)12-24-21(26)17-7-3-5-15-6-4-8-18(20(15)17)22(24)27/h3-11H,12H2,1-2H3,(H,23,25). The highest BCUT2D eigenvalue weighted by Gasteiger charge is 2.33. The zero-order valence-corrected chi connectivity index (χ0v) is 15.1. The molecule has 5 nitrogen and oxygen atoms in total. The molecule has 1 N–H and O–H groups in total. The normalized spacial score (nSPS) is 13.2. The second-order valence-corrected chi connectivity index (χ2v) is 6.83. The Morgan fingerprint density at radius 2 is 1.44 bits per heavy atom. The summed E-state index contributed by atoms with van der Waals surface area (Å²) in [5, 5.41) is 4.27. The van der Waals surface area contributed by atoms with Crippen molar-refractivity contribution in [2.75, 3.05) is 11.9 Å². The first-order valence-corrected chi connectivity index (χ1v) is 8.70. The molecule has 0 radical (unpaired) electrons. The molecule has 5 heteroatoms. The third-order valence-electron chi connectivity index (χ3n) is 4.66. The summed E-state index contributed by atoms with van der Waals surface area (Å²) in [7, 11) is 0. The Morgan fingerprint density at radius 1 is 0.889 bits per heavy atom. The molecule has 3 amide bonds. The lowest BCUT2D eigenvalue weighted by atomic mass is 9.94. The van der Waals surface area contributed by atoms with Crippen molar-refractivity contribution in [3.05, 3.63) is 76.9 Å². The quantitative estimate of drug-likeness (QED) is 0.726. The van der Waals surface area contributed by atoms with E-state index in [2.05, 4.69) is 5.32 Å².